The van der Waals surface area contributed by atoms with Crippen molar-refractivity contribution in [1.82, 2.24) is 4.98 Å². The second kappa shape index (κ2) is 8.27. The number of anilines is 2. The third kappa shape index (κ3) is 4.79. The minimum Gasteiger partial charge on any atom is -0.377 e. The van der Waals surface area contributed by atoms with Crippen LogP contribution in [0.2, 0.25) is 0 Å². The first-order valence-electron chi connectivity index (χ1n) is 8.73. The fourth-order valence-corrected chi connectivity index (χ4v) is 2.70. The van der Waals surface area contributed by atoms with Crippen molar-refractivity contribution in [3.8, 4) is 0 Å². The molecule has 1 unspecified atom stereocenters. The normalized spacial score (nSPS) is 11.5. The van der Waals surface area contributed by atoms with Crippen molar-refractivity contribution in [1.29, 1.82) is 0 Å². The molecule has 1 aromatic heterocycles. The van der Waals surface area contributed by atoms with Crippen molar-refractivity contribution in [3.63, 3.8) is 0 Å². The fraction of sp³-hybridized carbons (Fsp3) is 0.136. The van der Waals surface area contributed by atoms with Gasteiger partial charge in [-0.3, -0.25) is 9.59 Å². The first kappa shape index (κ1) is 18.3. The highest BCUT2D eigenvalue weighted by atomic mass is 16.2. The molecule has 0 aliphatic heterocycles. The Morgan fingerprint density at radius 3 is 2.37 bits per heavy atom. The van der Waals surface area contributed by atoms with Crippen LogP contribution in [-0.4, -0.2) is 16.7 Å². The average Bonchev–Trinajstić information content (AvgIpc) is 2.69. The van der Waals surface area contributed by atoms with Crippen LogP contribution in [0, 0.1) is 0 Å². The van der Waals surface area contributed by atoms with E-state index in [1.807, 2.05) is 24.3 Å². The van der Waals surface area contributed by atoms with Crippen LogP contribution in [-0.2, 0) is 0 Å². The molecular formula is C22H21N3O2. The Labute approximate surface area is 158 Å². The molecule has 1 atom stereocenters. The predicted molar refractivity (Wildman–Crippen MR) is 107 cm³/mol. The summed E-state index contributed by atoms with van der Waals surface area (Å²) in [6.07, 6.45) is 1.64. The van der Waals surface area contributed by atoms with E-state index in [1.165, 1.54) is 12.5 Å². The SMILES string of the molecule is CC(=O)c1cccc(NC(=O)c2ccc(NC(C)c3ccccc3)cn2)c1. The van der Waals surface area contributed by atoms with E-state index in [9.17, 15) is 9.59 Å². The summed E-state index contributed by atoms with van der Waals surface area (Å²) < 4.78 is 0. The molecule has 2 aromatic carbocycles. The Kier molecular flexibility index (Phi) is 5.61. The molecule has 1 heterocycles. The zero-order valence-electron chi connectivity index (χ0n) is 15.3. The molecule has 0 spiro atoms. The Bertz CT molecular complexity index is 937. The quantitative estimate of drug-likeness (QED) is 0.625. The zero-order valence-corrected chi connectivity index (χ0v) is 15.3. The monoisotopic (exact) mass is 359 g/mol. The number of rotatable bonds is 6. The molecule has 0 radical (unpaired) electrons. The summed E-state index contributed by atoms with van der Waals surface area (Å²) in [5.41, 5.74) is 3.43. The number of benzene rings is 2. The van der Waals surface area contributed by atoms with Gasteiger partial charge in [-0.25, -0.2) is 4.98 Å². The van der Waals surface area contributed by atoms with Gasteiger partial charge in [0.05, 0.1) is 11.9 Å². The van der Waals surface area contributed by atoms with Gasteiger partial charge < -0.3 is 10.6 Å². The smallest absolute Gasteiger partial charge is 0.274 e. The summed E-state index contributed by atoms with van der Waals surface area (Å²) in [4.78, 5) is 28.1. The van der Waals surface area contributed by atoms with Crippen LogP contribution in [0.1, 0.15) is 46.3 Å². The number of amides is 1. The van der Waals surface area contributed by atoms with Crippen molar-refractivity contribution in [2.75, 3.05) is 10.6 Å². The lowest BCUT2D eigenvalue weighted by Gasteiger charge is -2.15. The highest BCUT2D eigenvalue weighted by molar-refractivity contribution is 6.04. The van der Waals surface area contributed by atoms with Crippen LogP contribution in [0.4, 0.5) is 11.4 Å². The third-order valence-electron chi connectivity index (χ3n) is 4.21. The van der Waals surface area contributed by atoms with Crippen molar-refractivity contribution >= 4 is 23.1 Å². The highest BCUT2D eigenvalue weighted by Crippen LogP contribution is 2.19. The van der Waals surface area contributed by atoms with Crippen molar-refractivity contribution in [3.05, 3.63) is 89.7 Å². The van der Waals surface area contributed by atoms with Gasteiger partial charge >= 0.3 is 0 Å². The third-order valence-corrected chi connectivity index (χ3v) is 4.21. The maximum absolute atomic E-state index is 12.4. The molecule has 0 saturated heterocycles. The van der Waals surface area contributed by atoms with Gasteiger partial charge in [0.15, 0.2) is 5.78 Å². The van der Waals surface area contributed by atoms with Crippen LogP contribution in [0.3, 0.4) is 0 Å². The van der Waals surface area contributed by atoms with Crippen molar-refractivity contribution in [2.24, 2.45) is 0 Å². The Balaban J connectivity index is 1.65. The maximum atomic E-state index is 12.4. The second-order valence-electron chi connectivity index (χ2n) is 6.30. The molecule has 27 heavy (non-hydrogen) atoms. The zero-order chi connectivity index (χ0) is 19.2. The number of nitrogens with one attached hydrogen (secondary N) is 2. The van der Waals surface area contributed by atoms with Crippen LogP contribution in [0.15, 0.2) is 72.9 Å². The fourth-order valence-electron chi connectivity index (χ4n) is 2.70. The van der Waals surface area contributed by atoms with Crippen LogP contribution in [0.5, 0.6) is 0 Å². The van der Waals surface area contributed by atoms with E-state index in [1.54, 1.807) is 36.5 Å². The predicted octanol–water partition coefficient (Wildman–Crippen LogP) is 4.71. The maximum Gasteiger partial charge on any atom is 0.274 e. The van der Waals surface area contributed by atoms with Gasteiger partial charge in [-0.1, -0.05) is 42.5 Å². The van der Waals surface area contributed by atoms with E-state index >= 15 is 0 Å². The van der Waals surface area contributed by atoms with Gasteiger partial charge in [0, 0.05) is 17.3 Å². The first-order valence-corrected chi connectivity index (χ1v) is 8.73. The molecule has 136 valence electrons. The van der Waals surface area contributed by atoms with E-state index in [0.717, 1.165) is 5.69 Å². The average molecular weight is 359 g/mol. The number of hydrogen-bond donors (Lipinski definition) is 2. The van der Waals surface area contributed by atoms with E-state index in [2.05, 4.69) is 34.7 Å². The number of Topliss-reactive ketones (excluding diaryl/α,β-unsaturated/α-hetero) is 1. The largest absolute Gasteiger partial charge is 0.377 e. The molecule has 0 aliphatic rings. The van der Waals surface area contributed by atoms with Gasteiger partial charge in [0.1, 0.15) is 5.69 Å². The van der Waals surface area contributed by atoms with E-state index in [4.69, 9.17) is 0 Å². The molecule has 2 N–H and O–H groups in total. The minimum atomic E-state index is -0.321. The molecule has 5 heteroatoms. The Morgan fingerprint density at radius 1 is 0.926 bits per heavy atom. The van der Waals surface area contributed by atoms with Crippen LogP contribution >= 0.6 is 0 Å². The lowest BCUT2D eigenvalue weighted by Crippen LogP contribution is -2.14. The number of aromatic nitrogens is 1. The van der Waals surface area contributed by atoms with E-state index in [-0.39, 0.29) is 17.7 Å². The minimum absolute atomic E-state index is 0.0489. The van der Waals surface area contributed by atoms with Gasteiger partial charge in [-0.15, -0.1) is 0 Å². The molecule has 0 saturated carbocycles. The van der Waals surface area contributed by atoms with Crippen molar-refractivity contribution < 1.29 is 9.59 Å². The first-order chi connectivity index (χ1) is 13.0. The molecule has 0 aliphatic carbocycles. The summed E-state index contributed by atoms with van der Waals surface area (Å²) in [6, 6.07) is 20.6. The molecule has 3 rings (SSSR count). The van der Waals surface area contributed by atoms with E-state index in [0.29, 0.717) is 16.9 Å². The molecule has 3 aromatic rings. The number of pyridine rings is 1. The number of ketones is 1. The van der Waals surface area contributed by atoms with Gasteiger partial charge in [-0.05, 0) is 43.7 Å². The number of carbonyl (C=O) groups excluding carboxylic acids is 2. The molecule has 5 nitrogen and oxygen atoms in total. The lowest BCUT2D eigenvalue weighted by atomic mass is 10.1. The number of hydrogen-bond acceptors (Lipinski definition) is 4. The summed E-state index contributed by atoms with van der Waals surface area (Å²) in [6.45, 7) is 3.56. The highest BCUT2D eigenvalue weighted by Gasteiger charge is 2.10. The van der Waals surface area contributed by atoms with Gasteiger partial charge in [-0.2, -0.15) is 0 Å². The van der Waals surface area contributed by atoms with Crippen LogP contribution in [0.25, 0.3) is 0 Å². The topological polar surface area (TPSA) is 71.1 Å². The summed E-state index contributed by atoms with van der Waals surface area (Å²) in [7, 11) is 0. The summed E-state index contributed by atoms with van der Waals surface area (Å²) >= 11 is 0. The number of nitrogens with zero attached hydrogens (tertiary/aromatic N) is 1. The molecule has 0 fully saturated rings. The summed E-state index contributed by atoms with van der Waals surface area (Å²) in [5.74, 6) is -0.370. The Morgan fingerprint density at radius 2 is 1.70 bits per heavy atom. The molecule has 0 bridgehead atoms. The van der Waals surface area contributed by atoms with E-state index < -0.39 is 0 Å². The van der Waals surface area contributed by atoms with Crippen LogP contribution < -0.4 is 10.6 Å². The second-order valence-corrected chi connectivity index (χ2v) is 6.30. The standard InChI is InChI=1S/C22H21N3O2/c1-15(17-7-4-3-5-8-17)24-20-11-12-21(23-14-20)22(27)25-19-10-6-9-18(13-19)16(2)26/h3-15,24H,1-2H3,(H,25,27). The molecule has 1 amide bonds. The van der Waals surface area contributed by atoms with Crippen molar-refractivity contribution in [2.45, 2.75) is 19.9 Å². The number of carbonyl (C=O) groups is 2. The van der Waals surface area contributed by atoms with Gasteiger partial charge in [0.25, 0.3) is 5.91 Å². The lowest BCUT2D eigenvalue weighted by molar-refractivity contribution is 0.100. The van der Waals surface area contributed by atoms with Gasteiger partial charge in [0.2, 0.25) is 0 Å². The Hall–Kier alpha value is -3.47. The molecular weight excluding hydrogens is 338 g/mol. The summed E-state index contributed by atoms with van der Waals surface area (Å²) in [5, 5.41) is 6.13.